The third-order valence-corrected chi connectivity index (χ3v) is 3.75. The molecule has 0 bridgehead atoms. The van der Waals surface area contributed by atoms with Gasteiger partial charge in [0, 0.05) is 26.1 Å². The lowest BCUT2D eigenvalue weighted by molar-refractivity contribution is -0.133. The first-order chi connectivity index (χ1) is 7.65. The fraction of sp³-hybridized carbons (Fsp3) is 0.923. The molecule has 0 aliphatic heterocycles. The molecule has 3 nitrogen and oxygen atoms in total. The van der Waals surface area contributed by atoms with E-state index in [1.807, 2.05) is 18.9 Å². The van der Waals surface area contributed by atoms with Gasteiger partial charge in [0.05, 0.1) is 0 Å². The first kappa shape index (κ1) is 13.5. The fourth-order valence-corrected chi connectivity index (χ4v) is 2.44. The fourth-order valence-electron chi connectivity index (χ4n) is 2.44. The van der Waals surface area contributed by atoms with Crippen LogP contribution in [0.2, 0.25) is 0 Å². The maximum atomic E-state index is 11.8. The van der Waals surface area contributed by atoms with Crippen LogP contribution in [-0.2, 0) is 4.79 Å². The van der Waals surface area contributed by atoms with Crippen LogP contribution in [0.15, 0.2) is 0 Å². The zero-order chi connectivity index (χ0) is 12.0. The Morgan fingerprint density at radius 3 is 2.56 bits per heavy atom. The topological polar surface area (TPSA) is 46.3 Å². The molecule has 0 saturated heterocycles. The molecule has 3 heteroatoms. The van der Waals surface area contributed by atoms with Gasteiger partial charge in [-0.25, -0.2) is 0 Å². The quantitative estimate of drug-likeness (QED) is 0.779. The summed E-state index contributed by atoms with van der Waals surface area (Å²) >= 11 is 0. The van der Waals surface area contributed by atoms with E-state index in [1.54, 1.807) is 0 Å². The second-order valence-electron chi connectivity index (χ2n) is 5.19. The van der Waals surface area contributed by atoms with E-state index < -0.39 is 0 Å². The van der Waals surface area contributed by atoms with Crippen LogP contribution in [0, 0.1) is 11.8 Å². The monoisotopic (exact) mass is 226 g/mol. The van der Waals surface area contributed by atoms with Gasteiger partial charge in [0.25, 0.3) is 0 Å². The van der Waals surface area contributed by atoms with E-state index in [9.17, 15) is 4.79 Å². The normalized spacial score (nSPS) is 19.4. The van der Waals surface area contributed by atoms with Crippen LogP contribution in [0.3, 0.4) is 0 Å². The predicted octanol–water partition coefficient (Wildman–Crippen LogP) is 2.01. The molecule has 2 N–H and O–H groups in total. The van der Waals surface area contributed by atoms with Crippen LogP contribution < -0.4 is 5.73 Å². The second-order valence-corrected chi connectivity index (χ2v) is 5.19. The Morgan fingerprint density at radius 1 is 1.38 bits per heavy atom. The minimum Gasteiger partial charge on any atom is -0.345 e. The van der Waals surface area contributed by atoms with Crippen LogP contribution in [0.25, 0.3) is 0 Å². The molecule has 1 fully saturated rings. The largest absolute Gasteiger partial charge is 0.345 e. The van der Waals surface area contributed by atoms with Gasteiger partial charge in [0.15, 0.2) is 0 Å². The summed E-state index contributed by atoms with van der Waals surface area (Å²) in [5, 5.41) is 0. The minimum absolute atomic E-state index is 0.0312. The number of nitrogens with zero attached hydrogens (tertiary/aromatic N) is 1. The van der Waals surface area contributed by atoms with Gasteiger partial charge in [0.2, 0.25) is 5.91 Å². The Bertz CT molecular complexity index is 212. The Morgan fingerprint density at radius 2 is 2.00 bits per heavy atom. The third kappa shape index (κ3) is 4.12. The van der Waals surface area contributed by atoms with Crippen molar-refractivity contribution in [1.82, 2.24) is 4.90 Å². The summed E-state index contributed by atoms with van der Waals surface area (Å²) in [5.41, 5.74) is 5.50. The highest BCUT2D eigenvalue weighted by atomic mass is 16.2. The highest BCUT2D eigenvalue weighted by Crippen LogP contribution is 2.26. The molecule has 1 saturated carbocycles. The highest BCUT2D eigenvalue weighted by molar-refractivity contribution is 5.78. The molecular weight excluding hydrogens is 200 g/mol. The number of nitrogens with two attached hydrogens (primary N) is 1. The van der Waals surface area contributed by atoms with E-state index >= 15 is 0 Å². The summed E-state index contributed by atoms with van der Waals surface area (Å²) in [6, 6.07) is 0. The first-order valence-electron chi connectivity index (χ1n) is 6.60. The molecule has 1 atom stereocenters. The van der Waals surface area contributed by atoms with Crippen LogP contribution >= 0.6 is 0 Å². The van der Waals surface area contributed by atoms with Crippen molar-refractivity contribution in [2.75, 3.05) is 20.1 Å². The standard InChI is InChI=1S/C13H26N2O/c1-11(10-14)13(16)15(2)9-8-12-6-4-3-5-7-12/h11-12H,3-10,14H2,1-2H3. The van der Waals surface area contributed by atoms with Gasteiger partial charge in [-0.2, -0.15) is 0 Å². The zero-order valence-electron chi connectivity index (χ0n) is 10.7. The molecule has 94 valence electrons. The van der Waals surface area contributed by atoms with Crippen molar-refractivity contribution in [2.45, 2.75) is 45.4 Å². The summed E-state index contributed by atoms with van der Waals surface area (Å²) in [7, 11) is 1.90. The molecule has 0 aromatic heterocycles. The average Bonchev–Trinajstić information content (AvgIpc) is 2.35. The zero-order valence-corrected chi connectivity index (χ0v) is 10.7. The summed E-state index contributed by atoms with van der Waals surface area (Å²) in [6.45, 7) is 3.25. The van der Waals surface area contributed by atoms with Crippen LogP contribution in [0.1, 0.15) is 45.4 Å². The van der Waals surface area contributed by atoms with Crippen molar-refractivity contribution in [2.24, 2.45) is 17.6 Å². The lowest BCUT2D eigenvalue weighted by atomic mass is 9.87. The molecule has 1 unspecified atom stereocenters. The number of hydrogen-bond donors (Lipinski definition) is 1. The molecule has 0 radical (unpaired) electrons. The van der Waals surface area contributed by atoms with Crippen LogP contribution in [0.4, 0.5) is 0 Å². The molecular formula is C13H26N2O. The molecule has 0 aromatic rings. The molecule has 0 heterocycles. The Balaban J connectivity index is 2.22. The van der Waals surface area contributed by atoms with Gasteiger partial charge in [-0.05, 0) is 12.3 Å². The maximum absolute atomic E-state index is 11.8. The first-order valence-corrected chi connectivity index (χ1v) is 6.60. The van der Waals surface area contributed by atoms with E-state index in [1.165, 1.54) is 38.5 Å². The van der Waals surface area contributed by atoms with Gasteiger partial charge in [0.1, 0.15) is 0 Å². The lowest BCUT2D eigenvalue weighted by Gasteiger charge is -2.26. The maximum Gasteiger partial charge on any atom is 0.226 e. The van der Waals surface area contributed by atoms with Crippen molar-refractivity contribution < 1.29 is 4.79 Å². The number of carbonyl (C=O) groups is 1. The van der Waals surface area contributed by atoms with Gasteiger partial charge >= 0.3 is 0 Å². The van der Waals surface area contributed by atoms with Crippen molar-refractivity contribution in [3.05, 3.63) is 0 Å². The molecule has 1 aliphatic rings. The summed E-state index contributed by atoms with van der Waals surface area (Å²) in [5.74, 6) is 1.01. The van der Waals surface area contributed by atoms with E-state index in [2.05, 4.69) is 0 Å². The Hall–Kier alpha value is -0.570. The van der Waals surface area contributed by atoms with E-state index in [-0.39, 0.29) is 11.8 Å². The van der Waals surface area contributed by atoms with Crippen molar-refractivity contribution >= 4 is 5.91 Å². The lowest BCUT2D eigenvalue weighted by Crippen LogP contribution is -2.36. The highest BCUT2D eigenvalue weighted by Gasteiger charge is 2.18. The van der Waals surface area contributed by atoms with Crippen molar-refractivity contribution in [3.63, 3.8) is 0 Å². The molecule has 0 aromatic carbocycles. The minimum atomic E-state index is -0.0312. The molecule has 1 amide bonds. The van der Waals surface area contributed by atoms with Gasteiger partial charge in [-0.15, -0.1) is 0 Å². The number of hydrogen-bond acceptors (Lipinski definition) is 2. The van der Waals surface area contributed by atoms with Crippen molar-refractivity contribution in [3.8, 4) is 0 Å². The van der Waals surface area contributed by atoms with Gasteiger partial charge < -0.3 is 10.6 Å². The summed E-state index contributed by atoms with van der Waals surface area (Å²) < 4.78 is 0. The smallest absolute Gasteiger partial charge is 0.226 e. The Labute approximate surface area is 99.4 Å². The van der Waals surface area contributed by atoms with E-state index in [0.717, 1.165) is 12.5 Å². The number of carbonyl (C=O) groups excluding carboxylic acids is 1. The van der Waals surface area contributed by atoms with Crippen LogP contribution in [-0.4, -0.2) is 30.9 Å². The Kier molecular flexibility index (Phi) is 5.81. The van der Waals surface area contributed by atoms with Crippen LogP contribution in [0.5, 0.6) is 0 Å². The van der Waals surface area contributed by atoms with E-state index in [0.29, 0.717) is 6.54 Å². The summed E-state index contributed by atoms with van der Waals surface area (Å²) in [6.07, 6.45) is 8.03. The van der Waals surface area contributed by atoms with Gasteiger partial charge in [-0.3, -0.25) is 4.79 Å². The third-order valence-electron chi connectivity index (χ3n) is 3.75. The molecule has 0 spiro atoms. The number of rotatable bonds is 5. The second kappa shape index (κ2) is 6.89. The molecule has 16 heavy (non-hydrogen) atoms. The molecule has 1 rings (SSSR count). The molecule has 1 aliphatic carbocycles. The summed E-state index contributed by atoms with van der Waals surface area (Å²) in [4.78, 5) is 13.6. The number of amides is 1. The van der Waals surface area contributed by atoms with Crippen molar-refractivity contribution in [1.29, 1.82) is 0 Å². The SMILES string of the molecule is CC(CN)C(=O)N(C)CCC1CCCCC1. The predicted molar refractivity (Wildman–Crippen MR) is 67.0 cm³/mol. The average molecular weight is 226 g/mol. The van der Waals surface area contributed by atoms with Gasteiger partial charge in [-0.1, -0.05) is 39.0 Å². The van der Waals surface area contributed by atoms with E-state index in [4.69, 9.17) is 5.73 Å².